The number of para-hydroxylation sites is 1. The second-order valence-electron chi connectivity index (χ2n) is 12.7. The summed E-state index contributed by atoms with van der Waals surface area (Å²) in [6, 6.07) is 7.08. The van der Waals surface area contributed by atoms with Crippen molar-refractivity contribution in [1.29, 1.82) is 0 Å². The number of hydrogen-bond acceptors (Lipinski definition) is 7. The number of benzene rings is 1. The normalized spacial score (nSPS) is 21.4. The minimum atomic E-state index is -4.79. The van der Waals surface area contributed by atoms with Gasteiger partial charge in [0.15, 0.2) is 7.85 Å². The molecule has 2 saturated heterocycles. The monoisotopic (exact) mass is 671 g/mol. The number of hydrogen-bond donors (Lipinski definition) is 3. The predicted molar refractivity (Wildman–Crippen MR) is 175 cm³/mol. The van der Waals surface area contributed by atoms with Gasteiger partial charge < -0.3 is 29.9 Å². The van der Waals surface area contributed by atoms with Crippen LogP contribution in [0.25, 0.3) is 0 Å². The molecule has 0 saturated carbocycles. The fourth-order valence-corrected chi connectivity index (χ4v) is 6.46. The molecule has 0 aliphatic carbocycles. The van der Waals surface area contributed by atoms with E-state index in [1.54, 1.807) is 6.07 Å². The van der Waals surface area contributed by atoms with Crippen LogP contribution in [0, 0.1) is 5.92 Å². The maximum Gasteiger partial charge on any atom is 0.418 e. The van der Waals surface area contributed by atoms with Crippen LogP contribution in [0.4, 0.5) is 13.2 Å². The topological polar surface area (TPSA) is 140 Å². The van der Waals surface area contributed by atoms with E-state index < -0.39 is 63.0 Å². The molecule has 3 N–H and O–H groups in total. The van der Waals surface area contributed by atoms with Gasteiger partial charge in [-0.05, 0) is 60.7 Å². The van der Waals surface area contributed by atoms with Gasteiger partial charge in [-0.3, -0.25) is 19.4 Å². The first kappa shape index (κ1) is 38.4. The number of aliphatic hydroxyl groups is 2. The average molecular weight is 671 g/mol. The summed E-state index contributed by atoms with van der Waals surface area (Å²) in [6.07, 6.45) is -1.99. The number of pyridine rings is 1. The van der Waals surface area contributed by atoms with E-state index in [0.29, 0.717) is 25.7 Å². The molecule has 3 unspecified atom stereocenters. The molecule has 3 heterocycles. The number of carboxylic acids is 1. The summed E-state index contributed by atoms with van der Waals surface area (Å²) >= 11 is 0. The van der Waals surface area contributed by atoms with Crippen LogP contribution in [0.15, 0.2) is 42.6 Å². The Balaban J connectivity index is 1.53. The molecule has 10 nitrogen and oxygen atoms in total. The summed E-state index contributed by atoms with van der Waals surface area (Å²) < 4.78 is 46.7. The summed E-state index contributed by atoms with van der Waals surface area (Å²) in [7, 11) is 28.5. The number of piperidine rings is 2. The lowest BCUT2D eigenvalue weighted by molar-refractivity contribution is -0.145. The van der Waals surface area contributed by atoms with Gasteiger partial charge in [0, 0.05) is 37.4 Å². The smallest absolute Gasteiger partial charge is 0.418 e. The lowest BCUT2D eigenvalue weighted by Gasteiger charge is -2.51. The summed E-state index contributed by atoms with van der Waals surface area (Å²) in [6.45, 7) is 2.11. The molecule has 2 fully saturated rings. The van der Waals surface area contributed by atoms with Crippen molar-refractivity contribution >= 4 is 57.0 Å². The highest BCUT2D eigenvalue weighted by molar-refractivity contribution is 6.62. The minimum Gasteiger partial charge on any atom is -0.482 e. The molecule has 2 aromatic rings. The van der Waals surface area contributed by atoms with Crippen LogP contribution in [0.3, 0.4) is 0 Å². The number of aromatic nitrogens is 1. The predicted octanol–water partition coefficient (Wildman–Crippen LogP) is 1.82. The van der Waals surface area contributed by atoms with Crippen LogP contribution < -0.4 is 4.74 Å². The van der Waals surface area contributed by atoms with E-state index in [2.05, 4.69) is 4.98 Å². The van der Waals surface area contributed by atoms with Gasteiger partial charge in [0.1, 0.15) is 17.1 Å². The zero-order valence-electron chi connectivity index (χ0n) is 26.9. The number of alkyl halides is 3. The summed E-state index contributed by atoms with van der Waals surface area (Å²) in [5.41, 5.74) is -6.55. The number of carbonyl (C=O) groups is 3. The lowest BCUT2D eigenvalue weighted by atomic mass is 9.25. The molecule has 2 aliphatic rings. The third kappa shape index (κ3) is 7.40. The van der Waals surface area contributed by atoms with Crippen LogP contribution >= 0.6 is 0 Å². The van der Waals surface area contributed by atoms with Crippen molar-refractivity contribution in [3.63, 3.8) is 0 Å². The number of rotatable bonds is 10. The van der Waals surface area contributed by atoms with Crippen molar-refractivity contribution in [3.8, 4) is 5.75 Å². The van der Waals surface area contributed by atoms with E-state index in [1.165, 1.54) is 28.0 Å². The number of nitrogens with zero attached hydrogens (tertiary/aromatic N) is 3. The second kappa shape index (κ2) is 14.1. The Morgan fingerprint density at radius 1 is 1.02 bits per heavy atom. The molecule has 49 heavy (non-hydrogen) atoms. The Labute approximate surface area is 289 Å². The molecule has 10 radical (unpaired) electrons. The van der Waals surface area contributed by atoms with Crippen molar-refractivity contribution in [2.24, 2.45) is 5.92 Å². The molecule has 1 aromatic heterocycles. The Kier molecular flexibility index (Phi) is 11.0. The van der Waals surface area contributed by atoms with Gasteiger partial charge in [-0.1, -0.05) is 31.5 Å². The molecule has 3 atom stereocenters. The van der Waals surface area contributed by atoms with E-state index in [1.807, 2.05) is 6.92 Å². The minimum absolute atomic E-state index is 0.0258. The second-order valence-corrected chi connectivity index (χ2v) is 12.7. The van der Waals surface area contributed by atoms with Crippen LogP contribution in [0.5, 0.6) is 5.75 Å². The third-order valence-corrected chi connectivity index (χ3v) is 9.44. The summed E-state index contributed by atoms with van der Waals surface area (Å²) in [5, 5.41) is 26.1. The van der Waals surface area contributed by atoms with Gasteiger partial charge >= 0.3 is 6.18 Å². The number of carboxylic acid groups (broad SMARTS) is 1. The molecular weight excluding hydrogens is 637 g/mol. The summed E-state index contributed by atoms with van der Waals surface area (Å²) in [5.74, 6) is -3.99. The number of amides is 2. The molecule has 0 bridgehead atoms. The lowest BCUT2D eigenvalue weighted by Crippen LogP contribution is -2.58. The molecule has 4 rings (SSSR count). The molecule has 250 valence electrons. The van der Waals surface area contributed by atoms with Crippen LogP contribution in [-0.2, 0) is 21.4 Å². The van der Waals surface area contributed by atoms with Crippen LogP contribution in [0.1, 0.15) is 67.1 Å². The van der Waals surface area contributed by atoms with Crippen LogP contribution in [0.2, 0.25) is 10.4 Å². The van der Waals surface area contributed by atoms with Crippen LogP contribution in [-0.4, -0.2) is 118 Å². The fraction of sp³-hybridized carbons (Fsp3) is 0.548. The van der Waals surface area contributed by atoms with Crippen molar-refractivity contribution < 1.29 is 47.6 Å². The van der Waals surface area contributed by atoms with Gasteiger partial charge in [-0.25, -0.2) is 0 Å². The fourth-order valence-electron chi connectivity index (χ4n) is 6.46. The zero-order chi connectivity index (χ0) is 36.6. The van der Waals surface area contributed by atoms with E-state index >= 15 is 0 Å². The number of aliphatic carboxylic acids is 1. The van der Waals surface area contributed by atoms with E-state index in [-0.39, 0.29) is 49.7 Å². The van der Waals surface area contributed by atoms with E-state index in [0.717, 1.165) is 18.3 Å². The summed E-state index contributed by atoms with van der Waals surface area (Å²) in [4.78, 5) is 45.7. The van der Waals surface area contributed by atoms with Crippen molar-refractivity contribution in [1.82, 2.24) is 14.8 Å². The van der Waals surface area contributed by atoms with Gasteiger partial charge in [0.05, 0.1) is 48.5 Å². The van der Waals surface area contributed by atoms with E-state index in [9.17, 15) is 42.9 Å². The first-order valence-electron chi connectivity index (χ1n) is 15.7. The highest BCUT2D eigenvalue weighted by atomic mass is 19.4. The Morgan fingerprint density at radius 3 is 2.24 bits per heavy atom. The Morgan fingerprint density at radius 2 is 1.65 bits per heavy atom. The van der Waals surface area contributed by atoms with Crippen molar-refractivity contribution in [3.05, 3.63) is 59.4 Å². The number of likely N-dealkylation sites (tertiary alicyclic amines) is 2. The maximum atomic E-state index is 14.0. The van der Waals surface area contributed by atoms with Gasteiger partial charge in [0.2, 0.25) is 5.91 Å². The SMILES string of the molecule is [B]C(O)(Oc1ccccc1C1(O)CCN(C(=O)C2CCCN(C(=O)c3ncccc3C(F)(F)F)C2CCC)CC1)C([B])([B])C([B])([B])C(=O)O. The Bertz CT molecular complexity index is 1550. The number of halogens is 3. The molecule has 0 spiro atoms. The standard InChI is InChI=1S/C31H33B5F3N3O7/c1-2-7-21-18(8-6-15-42(21)25(44)23-20(29(37,38)39)10-5-14-40-23)24(43)41-16-12-27(47,13-17-41)19-9-3-4-11-22(19)49-31(36,48)30(34,35)28(32,33)26(45)46/h3-5,9-11,14,18,21,47-48H,2,6-8,12-13,15-17H2,1H3,(H,45,46). The molecule has 1 aromatic carbocycles. The van der Waals surface area contributed by atoms with Crippen molar-refractivity contribution in [2.45, 2.75) is 79.4 Å². The largest absolute Gasteiger partial charge is 0.482 e. The quantitative estimate of drug-likeness (QED) is 0.257. The molecular formula is C31H33B5F3N3O7. The highest BCUT2D eigenvalue weighted by Crippen LogP contribution is 2.50. The maximum absolute atomic E-state index is 14.0. The van der Waals surface area contributed by atoms with Gasteiger partial charge in [-0.15, -0.1) is 0 Å². The third-order valence-electron chi connectivity index (χ3n) is 9.44. The highest BCUT2D eigenvalue weighted by Gasteiger charge is 2.53. The Hall–Kier alpha value is -3.39. The first-order chi connectivity index (χ1) is 22.7. The molecule has 2 aliphatic heterocycles. The first-order valence-corrected chi connectivity index (χ1v) is 15.7. The number of ether oxygens (including phenoxy) is 1. The van der Waals surface area contributed by atoms with E-state index in [4.69, 9.17) is 44.0 Å². The average Bonchev–Trinajstić information content (AvgIpc) is 3.04. The molecule has 18 heteroatoms. The molecule has 2 amide bonds. The number of carbonyl (C=O) groups excluding carboxylic acids is 2. The zero-order valence-corrected chi connectivity index (χ0v) is 26.9. The van der Waals surface area contributed by atoms with Gasteiger partial charge in [-0.2, -0.15) is 13.2 Å². The van der Waals surface area contributed by atoms with Crippen molar-refractivity contribution in [2.75, 3.05) is 19.6 Å². The van der Waals surface area contributed by atoms with Gasteiger partial charge in [0.25, 0.3) is 11.9 Å².